The van der Waals surface area contributed by atoms with Gasteiger partial charge < -0.3 is 15.2 Å². The normalized spacial score (nSPS) is 12.6. The van der Waals surface area contributed by atoms with Crippen LogP contribution in [0.5, 0.6) is 0 Å². The molecule has 0 amide bonds. The molecule has 0 bridgehead atoms. The van der Waals surface area contributed by atoms with Crippen LogP contribution in [0.15, 0.2) is 16.2 Å². The minimum absolute atomic E-state index is 0.142. The molecule has 0 spiro atoms. The van der Waals surface area contributed by atoms with E-state index in [1.165, 1.54) is 17.7 Å². The number of aliphatic hydroxyl groups excluding tert-OH is 1. The fourth-order valence-corrected chi connectivity index (χ4v) is 3.07. The fraction of sp³-hybridized carbons (Fsp3) is 0.111. The molecule has 1 atom stereocenters. The summed E-state index contributed by atoms with van der Waals surface area (Å²) in [6.07, 6.45) is 0.143. The maximum Gasteiger partial charge on any atom is 0.356 e. The van der Waals surface area contributed by atoms with Crippen molar-refractivity contribution >= 4 is 44.8 Å². The van der Waals surface area contributed by atoms with Gasteiger partial charge in [-0.2, -0.15) is 0 Å². The van der Waals surface area contributed by atoms with Gasteiger partial charge in [-0.05, 0) is 22.0 Å². The van der Waals surface area contributed by atoms with Crippen LogP contribution in [-0.4, -0.2) is 26.2 Å². The summed E-state index contributed by atoms with van der Waals surface area (Å²) < 4.78 is 0.685. The number of hydrogen-bond acceptors (Lipinski definition) is 4. The molecule has 0 radical (unpaired) electrons. The molecule has 0 aromatic carbocycles. The van der Waals surface area contributed by atoms with E-state index < -0.39 is 12.1 Å². The number of aromatic carboxylic acids is 1. The van der Waals surface area contributed by atoms with Crippen LogP contribution in [0.3, 0.4) is 0 Å². The lowest BCUT2D eigenvalue weighted by atomic mass is 10.2. The van der Waals surface area contributed by atoms with Crippen LogP contribution in [-0.2, 0) is 0 Å². The summed E-state index contributed by atoms with van der Waals surface area (Å²) in [5.74, 6) is -1.19. The van der Waals surface area contributed by atoms with Crippen LogP contribution in [0.25, 0.3) is 0 Å². The van der Waals surface area contributed by atoms with Gasteiger partial charge in [-0.15, -0.1) is 11.3 Å². The van der Waals surface area contributed by atoms with Gasteiger partial charge in [-0.25, -0.2) is 9.78 Å². The number of nitrogens with zero attached hydrogens (tertiary/aromatic N) is 1. The topological polar surface area (TPSA) is 86.2 Å². The summed E-state index contributed by atoms with van der Waals surface area (Å²) in [5.41, 5.74) is -0.0546. The first-order valence-corrected chi connectivity index (χ1v) is 6.38. The van der Waals surface area contributed by atoms with E-state index in [-0.39, 0.29) is 11.4 Å². The van der Waals surface area contributed by atoms with Crippen LogP contribution in [0.1, 0.15) is 27.2 Å². The molecule has 0 aliphatic heterocycles. The summed E-state index contributed by atoms with van der Waals surface area (Å²) in [6.45, 7) is 0. The molecule has 3 N–H and O–H groups in total. The van der Waals surface area contributed by atoms with Gasteiger partial charge in [0.15, 0.2) is 5.69 Å². The minimum atomic E-state index is -1.19. The van der Waals surface area contributed by atoms with E-state index in [0.717, 1.165) is 0 Å². The number of carbonyl (C=O) groups is 1. The molecule has 0 saturated carbocycles. The van der Waals surface area contributed by atoms with Crippen LogP contribution in [0, 0.1) is 0 Å². The zero-order valence-corrected chi connectivity index (χ0v) is 11.3. The molecule has 2 aromatic rings. The highest BCUT2D eigenvalue weighted by Gasteiger charge is 2.23. The third-order valence-electron chi connectivity index (χ3n) is 2.08. The second-order valence-electron chi connectivity index (χ2n) is 3.14. The third kappa shape index (κ3) is 2.37. The second-order valence-corrected chi connectivity index (χ2v) is 5.95. The number of aromatic nitrogens is 2. The zero-order chi connectivity index (χ0) is 12.6. The highest BCUT2D eigenvalue weighted by Crippen LogP contribution is 2.37. The Morgan fingerprint density at radius 2 is 2.35 bits per heavy atom. The molecule has 17 heavy (non-hydrogen) atoms. The standard InChI is InChI=1S/C9H6BrClN2O3S/c10-8-3(11)1-4(17-8)7(14)5-6(9(15)16)13-2-12-5/h1-2,7,14H,(H,12,13)(H,15,16). The van der Waals surface area contributed by atoms with E-state index in [9.17, 15) is 9.90 Å². The van der Waals surface area contributed by atoms with Gasteiger partial charge in [0.1, 0.15) is 6.10 Å². The summed E-state index contributed by atoms with van der Waals surface area (Å²) in [6, 6.07) is 1.58. The van der Waals surface area contributed by atoms with E-state index in [0.29, 0.717) is 13.7 Å². The smallest absolute Gasteiger partial charge is 0.356 e. The predicted octanol–water partition coefficient (Wildman–Crippen LogP) is 2.67. The quantitative estimate of drug-likeness (QED) is 0.803. The number of carboxylic acids is 1. The molecule has 0 aliphatic carbocycles. The maximum absolute atomic E-state index is 10.9. The van der Waals surface area contributed by atoms with Crippen molar-refractivity contribution in [3.05, 3.63) is 37.5 Å². The highest BCUT2D eigenvalue weighted by atomic mass is 79.9. The first-order chi connectivity index (χ1) is 8.00. The van der Waals surface area contributed by atoms with Crippen molar-refractivity contribution in [2.24, 2.45) is 0 Å². The molecule has 2 rings (SSSR count). The summed E-state index contributed by atoms with van der Waals surface area (Å²) in [5, 5.41) is 19.4. The van der Waals surface area contributed by atoms with E-state index in [2.05, 4.69) is 25.9 Å². The Morgan fingerprint density at radius 3 is 2.88 bits per heavy atom. The molecule has 0 fully saturated rings. The van der Waals surface area contributed by atoms with E-state index in [1.54, 1.807) is 6.07 Å². The van der Waals surface area contributed by atoms with Crippen molar-refractivity contribution in [2.45, 2.75) is 6.10 Å². The molecule has 2 aromatic heterocycles. The number of H-pyrrole nitrogens is 1. The van der Waals surface area contributed by atoms with Crippen molar-refractivity contribution in [1.29, 1.82) is 0 Å². The largest absolute Gasteiger partial charge is 0.476 e. The lowest BCUT2D eigenvalue weighted by molar-refractivity contribution is 0.0685. The monoisotopic (exact) mass is 336 g/mol. The third-order valence-corrected chi connectivity index (χ3v) is 4.61. The van der Waals surface area contributed by atoms with Crippen LogP contribution in [0.2, 0.25) is 5.02 Å². The van der Waals surface area contributed by atoms with Crippen LogP contribution < -0.4 is 0 Å². The Hall–Kier alpha value is -0.890. The zero-order valence-electron chi connectivity index (χ0n) is 8.15. The SMILES string of the molecule is O=C(O)c1nc[nH]c1C(O)c1cc(Cl)c(Br)s1. The summed E-state index contributed by atoms with van der Waals surface area (Å²) in [4.78, 5) is 17.7. The van der Waals surface area contributed by atoms with Crippen molar-refractivity contribution in [3.63, 3.8) is 0 Å². The molecule has 90 valence electrons. The number of carboxylic acid groups (broad SMARTS) is 1. The van der Waals surface area contributed by atoms with Crippen molar-refractivity contribution in [2.75, 3.05) is 0 Å². The number of halogens is 2. The average molecular weight is 338 g/mol. The van der Waals surface area contributed by atoms with Gasteiger partial charge in [-0.1, -0.05) is 11.6 Å². The highest BCUT2D eigenvalue weighted by molar-refractivity contribution is 9.11. The van der Waals surface area contributed by atoms with E-state index >= 15 is 0 Å². The van der Waals surface area contributed by atoms with Crippen molar-refractivity contribution in [3.8, 4) is 0 Å². The number of aromatic amines is 1. The average Bonchev–Trinajstić information content (AvgIpc) is 2.85. The molecular formula is C9H6BrClN2O3S. The molecule has 5 nitrogen and oxygen atoms in total. The van der Waals surface area contributed by atoms with Gasteiger partial charge in [0, 0.05) is 4.88 Å². The molecule has 0 saturated heterocycles. The number of aliphatic hydroxyl groups is 1. The fourth-order valence-electron chi connectivity index (χ4n) is 1.32. The molecule has 1 unspecified atom stereocenters. The lowest BCUT2D eigenvalue weighted by Gasteiger charge is -2.06. The van der Waals surface area contributed by atoms with Gasteiger partial charge in [0.05, 0.1) is 20.8 Å². The first-order valence-electron chi connectivity index (χ1n) is 4.40. The molecular weight excluding hydrogens is 332 g/mol. The number of rotatable bonds is 3. The summed E-state index contributed by atoms with van der Waals surface area (Å²) in [7, 11) is 0. The number of imidazole rings is 1. The van der Waals surface area contributed by atoms with Gasteiger partial charge in [-0.3, -0.25) is 0 Å². The van der Waals surface area contributed by atoms with Gasteiger partial charge in [0.25, 0.3) is 0 Å². The van der Waals surface area contributed by atoms with Crippen molar-refractivity contribution < 1.29 is 15.0 Å². The Labute approximate surface area is 113 Å². The Balaban J connectivity index is 2.40. The first kappa shape index (κ1) is 12.6. The maximum atomic E-state index is 10.9. The molecule has 2 heterocycles. The Morgan fingerprint density at radius 1 is 1.65 bits per heavy atom. The number of thiophene rings is 1. The van der Waals surface area contributed by atoms with Crippen LogP contribution in [0.4, 0.5) is 0 Å². The Bertz CT molecular complexity index is 549. The summed E-state index contributed by atoms with van der Waals surface area (Å²) >= 11 is 10.3. The van der Waals surface area contributed by atoms with E-state index in [4.69, 9.17) is 16.7 Å². The number of hydrogen-bond donors (Lipinski definition) is 3. The van der Waals surface area contributed by atoms with Gasteiger partial charge in [0.2, 0.25) is 0 Å². The number of nitrogens with one attached hydrogen (secondary N) is 1. The van der Waals surface area contributed by atoms with Crippen LogP contribution >= 0.6 is 38.9 Å². The van der Waals surface area contributed by atoms with E-state index in [1.807, 2.05) is 0 Å². The Kier molecular flexibility index (Phi) is 3.53. The molecule has 8 heteroatoms. The lowest BCUT2D eigenvalue weighted by Crippen LogP contribution is -2.07. The van der Waals surface area contributed by atoms with Gasteiger partial charge >= 0.3 is 5.97 Å². The predicted molar refractivity (Wildman–Crippen MR) is 66.6 cm³/mol. The second kappa shape index (κ2) is 4.77. The molecule has 0 aliphatic rings. The minimum Gasteiger partial charge on any atom is -0.476 e. The van der Waals surface area contributed by atoms with Crippen molar-refractivity contribution in [1.82, 2.24) is 9.97 Å².